The van der Waals surface area contributed by atoms with E-state index < -0.39 is 15.9 Å². The molecule has 5 nitrogen and oxygen atoms in total. The maximum atomic E-state index is 13.1. The van der Waals surface area contributed by atoms with Gasteiger partial charge in [-0.1, -0.05) is 36.6 Å². The average molecular weight is 439 g/mol. The fourth-order valence-corrected chi connectivity index (χ4v) is 5.40. The van der Waals surface area contributed by atoms with Crippen LogP contribution in [-0.4, -0.2) is 31.7 Å². The molecule has 3 rings (SSSR count). The van der Waals surface area contributed by atoms with E-state index in [1.54, 1.807) is 19.1 Å². The molecule has 1 aliphatic rings. The van der Waals surface area contributed by atoms with Crippen LogP contribution < -0.4 is 5.32 Å². The number of rotatable bonds is 5. The van der Waals surface area contributed by atoms with Crippen molar-refractivity contribution < 1.29 is 17.6 Å². The van der Waals surface area contributed by atoms with Gasteiger partial charge in [0.15, 0.2) is 0 Å². The van der Waals surface area contributed by atoms with Crippen molar-refractivity contribution in [1.29, 1.82) is 0 Å². The van der Waals surface area contributed by atoms with Crippen molar-refractivity contribution in [1.82, 2.24) is 9.62 Å². The highest BCUT2D eigenvalue weighted by Crippen LogP contribution is 2.28. The molecule has 1 unspecified atom stereocenters. The predicted molar refractivity (Wildman–Crippen MR) is 111 cm³/mol. The lowest BCUT2D eigenvalue weighted by atomic mass is 10.1. The molecule has 0 aromatic heterocycles. The van der Waals surface area contributed by atoms with Gasteiger partial charge in [-0.05, 0) is 55.7 Å². The van der Waals surface area contributed by atoms with E-state index in [4.69, 9.17) is 11.6 Å². The summed E-state index contributed by atoms with van der Waals surface area (Å²) in [7, 11) is -3.78. The number of hydrogen-bond acceptors (Lipinski definition) is 3. The number of amides is 1. The topological polar surface area (TPSA) is 66.5 Å². The number of nitrogens with one attached hydrogen (secondary N) is 1. The Hall–Kier alpha value is -1.96. The Bertz CT molecular complexity index is 972. The quantitative estimate of drug-likeness (QED) is 0.745. The second kappa shape index (κ2) is 9.24. The molecular formula is C21H24ClFN2O3S. The molecule has 1 atom stereocenters. The van der Waals surface area contributed by atoms with Crippen molar-refractivity contribution in [3.05, 3.63) is 64.4 Å². The van der Waals surface area contributed by atoms with E-state index in [1.165, 1.54) is 34.6 Å². The minimum absolute atomic E-state index is 0.0526. The van der Waals surface area contributed by atoms with Gasteiger partial charge in [-0.25, -0.2) is 12.8 Å². The van der Waals surface area contributed by atoms with Crippen molar-refractivity contribution in [2.24, 2.45) is 0 Å². The number of carbonyl (C=O) groups excluding carboxylic acids is 1. The number of halogens is 2. The lowest BCUT2D eigenvalue weighted by Gasteiger charge is -2.21. The molecule has 0 bridgehead atoms. The largest absolute Gasteiger partial charge is 0.346 e. The van der Waals surface area contributed by atoms with E-state index in [-0.39, 0.29) is 27.3 Å². The molecular weight excluding hydrogens is 415 g/mol. The van der Waals surface area contributed by atoms with E-state index in [1.807, 2.05) is 0 Å². The summed E-state index contributed by atoms with van der Waals surface area (Å²) in [6, 6.07) is 9.73. The molecule has 0 spiro atoms. The summed E-state index contributed by atoms with van der Waals surface area (Å²) in [6.07, 6.45) is 3.63. The van der Waals surface area contributed by atoms with Gasteiger partial charge in [0.2, 0.25) is 10.0 Å². The summed E-state index contributed by atoms with van der Waals surface area (Å²) in [6.45, 7) is 2.68. The molecule has 1 fully saturated rings. The van der Waals surface area contributed by atoms with Gasteiger partial charge in [-0.15, -0.1) is 0 Å². The van der Waals surface area contributed by atoms with E-state index in [0.29, 0.717) is 13.1 Å². The molecule has 1 heterocycles. The van der Waals surface area contributed by atoms with E-state index in [0.717, 1.165) is 31.2 Å². The molecule has 156 valence electrons. The number of hydrogen-bond donors (Lipinski definition) is 1. The highest BCUT2D eigenvalue weighted by Gasteiger charge is 2.28. The van der Waals surface area contributed by atoms with Crippen LogP contribution in [0.1, 0.15) is 54.6 Å². The molecule has 8 heteroatoms. The third-order valence-corrected chi connectivity index (χ3v) is 7.47. The first kappa shape index (κ1) is 21.7. The molecule has 2 aromatic rings. The third-order valence-electron chi connectivity index (χ3n) is 5.09. The Labute approximate surface area is 175 Å². The first-order chi connectivity index (χ1) is 13.8. The Morgan fingerprint density at radius 1 is 1.07 bits per heavy atom. The summed E-state index contributed by atoms with van der Waals surface area (Å²) < 4.78 is 40.7. The maximum Gasteiger partial charge on any atom is 0.251 e. The highest BCUT2D eigenvalue weighted by molar-refractivity contribution is 7.89. The minimum atomic E-state index is -3.78. The zero-order valence-corrected chi connectivity index (χ0v) is 17.8. The van der Waals surface area contributed by atoms with Crippen LogP contribution in [0.25, 0.3) is 0 Å². The molecule has 0 saturated carbocycles. The Balaban J connectivity index is 1.82. The van der Waals surface area contributed by atoms with Crippen LogP contribution in [0.4, 0.5) is 4.39 Å². The third kappa shape index (κ3) is 5.15. The molecule has 29 heavy (non-hydrogen) atoms. The second-order valence-electron chi connectivity index (χ2n) is 7.21. The van der Waals surface area contributed by atoms with Crippen LogP contribution in [0, 0.1) is 5.82 Å². The lowest BCUT2D eigenvalue weighted by molar-refractivity contribution is 0.0939. The molecule has 1 amide bonds. The van der Waals surface area contributed by atoms with Gasteiger partial charge >= 0.3 is 0 Å². The summed E-state index contributed by atoms with van der Waals surface area (Å²) in [5.41, 5.74) is 0.947. The van der Waals surface area contributed by atoms with Gasteiger partial charge < -0.3 is 5.32 Å². The van der Waals surface area contributed by atoms with Crippen molar-refractivity contribution in [3.8, 4) is 0 Å². The highest BCUT2D eigenvalue weighted by atomic mass is 35.5. The lowest BCUT2D eigenvalue weighted by Crippen LogP contribution is -2.32. The number of carbonyl (C=O) groups is 1. The monoisotopic (exact) mass is 438 g/mol. The van der Waals surface area contributed by atoms with E-state index in [9.17, 15) is 17.6 Å². The van der Waals surface area contributed by atoms with E-state index in [2.05, 4.69) is 5.32 Å². The second-order valence-corrected chi connectivity index (χ2v) is 9.52. The average Bonchev–Trinajstić information content (AvgIpc) is 2.98. The zero-order chi connectivity index (χ0) is 21.0. The molecule has 1 saturated heterocycles. The van der Waals surface area contributed by atoms with Gasteiger partial charge in [-0.3, -0.25) is 4.79 Å². The van der Waals surface area contributed by atoms with Gasteiger partial charge in [0, 0.05) is 18.7 Å². The predicted octanol–water partition coefficient (Wildman–Crippen LogP) is 4.53. The van der Waals surface area contributed by atoms with Crippen LogP contribution in [0.3, 0.4) is 0 Å². The van der Waals surface area contributed by atoms with E-state index >= 15 is 0 Å². The van der Waals surface area contributed by atoms with Crippen LogP contribution in [-0.2, 0) is 10.0 Å². The SMILES string of the molecule is CC(NC(=O)c1ccc(Cl)c(S(=O)(=O)N2CCCCCC2)c1)c1ccc(F)cc1. The van der Waals surface area contributed by atoms with Crippen molar-refractivity contribution in [2.45, 2.75) is 43.5 Å². The summed E-state index contributed by atoms with van der Waals surface area (Å²) in [5, 5.41) is 2.90. The maximum absolute atomic E-state index is 13.1. The van der Waals surface area contributed by atoms with Gasteiger partial charge in [0.1, 0.15) is 10.7 Å². The van der Waals surface area contributed by atoms with Gasteiger partial charge in [-0.2, -0.15) is 4.31 Å². The number of benzene rings is 2. The Kier molecular flexibility index (Phi) is 6.93. The standard InChI is InChI=1S/C21H24ClFN2O3S/c1-15(16-6-9-18(23)10-7-16)24-21(26)17-8-11-19(22)20(14-17)29(27,28)25-12-4-2-3-5-13-25/h6-11,14-15H,2-5,12-13H2,1H3,(H,24,26). The first-order valence-corrected chi connectivity index (χ1v) is 11.5. The van der Waals surface area contributed by atoms with Crippen LogP contribution in [0.2, 0.25) is 5.02 Å². The summed E-state index contributed by atoms with van der Waals surface area (Å²) in [4.78, 5) is 12.6. The summed E-state index contributed by atoms with van der Waals surface area (Å²) in [5.74, 6) is -0.779. The molecule has 2 aromatic carbocycles. The Morgan fingerprint density at radius 3 is 2.31 bits per heavy atom. The van der Waals surface area contributed by atoms with Crippen LogP contribution in [0.5, 0.6) is 0 Å². The van der Waals surface area contributed by atoms with Crippen LogP contribution in [0.15, 0.2) is 47.4 Å². The summed E-state index contributed by atoms with van der Waals surface area (Å²) >= 11 is 6.19. The molecule has 0 radical (unpaired) electrons. The molecule has 1 N–H and O–H groups in total. The van der Waals surface area contributed by atoms with Crippen molar-refractivity contribution >= 4 is 27.5 Å². The number of sulfonamides is 1. The Morgan fingerprint density at radius 2 is 1.69 bits per heavy atom. The zero-order valence-electron chi connectivity index (χ0n) is 16.2. The molecule has 1 aliphatic heterocycles. The smallest absolute Gasteiger partial charge is 0.251 e. The fourth-order valence-electron chi connectivity index (χ4n) is 3.38. The van der Waals surface area contributed by atoms with Gasteiger partial charge in [0.05, 0.1) is 11.1 Å². The molecule has 0 aliphatic carbocycles. The van der Waals surface area contributed by atoms with Gasteiger partial charge in [0.25, 0.3) is 5.91 Å². The first-order valence-electron chi connectivity index (χ1n) is 9.65. The van der Waals surface area contributed by atoms with Crippen LogP contribution >= 0.6 is 11.6 Å². The number of nitrogens with zero attached hydrogens (tertiary/aromatic N) is 1. The fraction of sp³-hybridized carbons (Fsp3) is 0.381. The van der Waals surface area contributed by atoms with Crippen molar-refractivity contribution in [2.75, 3.05) is 13.1 Å². The normalized spacial score (nSPS) is 16.8. The minimum Gasteiger partial charge on any atom is -0.346 e. The van der Waals surface area contributed by atoms with Crippen molar-refractivity contribution in [3.63, 3.8) is 0 Å².